The molecule has 1 rings (SSSR count). The molecule has 0 amide bonds. The normalized spacial score (nSPS) is 12.0. The topological polar surface area (TPSA) is 127 Å². The van der Waals surface area contributed by atoms with Crippen LogP contribution in [0.5, 0.6) is 5.75 Å². The summed E-state index contributed by atoms with van der Waals surface area (Å²) < 4.78 is 36.5. The van der Waals surface area contributed by atoms with Crippen molar-refractivity contribution in [3.8, 4) is 5.75 Å². The second-order valence-corrected chi connectivity index (χ2v) is 4.23. The second kappa shape index (κ2) is 8.06. The summed E-state index contributed by atoms with van der Waals surface area (Å²) in [6, 6.07) is 8.15. The van der Waals surface area contributed by atoms with Gasteiger partial charge in [-0.15, -0.1) is 0 Å². The van der Waals surface area contributed by atoms with Crippen LogP contribution in [0.3, 0.4) is 0 Å². The van der Waals surface area contributed by atoms with Gasteiger partial charge in [-0.25, -0.2) is 4.79 Å². The average Bonchev–Trinajstić information content (AvgIpc) is 2.27. The Morgan fingerprint density at radius 1 is 1.33 bits per heavy atom. The summed E-state index contributed by atoms with van der Waals surface area (Å²) in [5.74, 6) is 0.331. The van der Waals surface area contributed by atoms with Gasteiger partial charge in [0.1, 0.15) is 11.8 Å². The molecule has 7 nitrogen and oxygen atoms in total. The smallest absolute Gasteiger partial charge is 0.394 e. The van der Waals surface area contributed by atoms with Crippen LogP contribution in [0.15, 0.2) is 30.3 Å². The summed E-state index contributed by atoms with van der Waals surface area (Å²) >= 11 is 3.90. The van der Waals surface area contributed by atoms with E-state index in [0.717, 1.165) is 0 Å². The van der Waals surface area contributed by atoms with Gasteiger partial charge >= 0.3 is 16.4 Å². The van der Waals surface area contributed by atoms with E-state index >= 15 is 0 Å². The molecule has 9 heteroatoms. The maximum absolute atomic E-state index is 11.1. The number of rotatable bonds is 3. The molecule has 0 unspecified atom stereocenters. The van der Waals surface area contributed by atoms with E-state index in [9.17, 15) is 4.79 Å². The molecule has 102 valence electrons. The van der Waals surface area contributed by atoms with Crippen LogP contribution in [0.1, 0.15) is 0 Å². The van der Waals surface area contributed by atoms with Gasteiger partial charge < -0.3 is 10.5 Å². The minimum absolute atomic E-state index is 0.283. The van der Waals surface area contributed by atoms with E-state index < -0.39 is 22.4 Å². The zero-order chi connectivity index (χ0) is 14.2. The molecule has 0 saturated heterocycles. The van der Waals surface area contributed by atoms with E-state index in [2.05, 4.69) is 12.6 Å². The van der Waals surface area contributed by atoms with Gasteiger partial charge in [-0.3, -0.25) is 9.11 Å². The van der Waals surface area contributed by atoms with Crippen LogP contribution in [0, 0.1) is 0 Å². The van der Waals surface area contributed by atoms with Gasteiger partial charge in [0, 0.05) is 5.75 Å². The number of hydrogen-bond acceptors (Lipinski definition) is 6. The first-order chi connectivity index (χ1) is 8.24. The van der Waals surface area contributed by atoms with Crippen molar-refractivity contribution in [2.24, 2.45) is 5.73 Å². The Morgan fingerprint density at radius 2 is 1.78 bits per heavy atom. The predicted molar refractivity (Wildman–Crippen MR) is 68.1 cm³/mol. The number of hydrogen-bond donors (Lipinski definition) is 4. The van der Waals surface area contributed by atoms with E-state index in [1.54, 1.807) is 24.3 Å². The number of carbonyl (C=O) groups is 1. The molecule has 0 aliphatic rings. The number of esters is 1. The highest BCUT2D eigenvalue weighted by Gasteiger charge is 2.13. The Morgan fingerprint density at radius 3 is 2.17 bits per heavy atom. The first-order valence-corrected chi connectivity index (χ1v) is 6.60. The van der Waals surface area contributed by atoms with Gasteiger partial charge in [0.15, 0.2) is 0 Å². The van der Waals surface area contributed by atoms with Crippen molar-refractivity contribution in [1.82, 2.24) is 0 Å². The third-order valence-corrected chi connectivity index (χ3v) is 1.85. The molecular weight excluding hydrogens is 282 g/mol. The molecule has 0 fully saturated rings. The van der Waals surface area contributed by atoms with E-state index in [-0.39, 0.29) is 5.75 Å². The SMILES string of the molecule is N[C@@H](CS)C(=O)Oc1ccccc1.O=S(=O)(O)O. The molecular formula is C9H13NO6S2. The lowest BCUT2D eigenvalue weighted by atomic mass is 10.3. The molecule has 0 aliphatic heterocycles. The Labute approximate surface area is 110 Å². The molecule has 4 N–H and O–H groups in total. The van der Waals surface area contributed by atoms with Crippen LogP contribution in [0.2, 0.25) is 0 Å². The fraction of sp³-hybridized carbons (Fsp3) is 0.222. The maximum atomic E-state index is 11.1. The first kappa shape index (κ1) is 16.9. The summed E-state index contributed by atoms with van der Waals surface area (Å²) in [6.45, 7) is 0. The van der Waals surface area contributed by atoms with E-state index in [0.29, 0.717) is 5.75 Å². The molecule has 18 heavy (non-hydrogen) atoms. The molecule has 1 aromatic rings. The Balaban J connectivity index is 0.000000494. The third kappa shape index (κ3) is 10.1. The molecule has 0 aliphatic carbocycles. The standard InChI is InChI=1S/C9H11NO2S.H2O4S/c10-8(6-13)9(11)12-7-4-2-1-3-5-7;1-5(2,3)4/h1-5,8,13H,6,10H2;(H2,1,2,3,4)/t8-;/m0./s1. The van der Waals surface area contributed by atoms with Gasteiger partial charge in [-0.1, -0.05) is 18.2 Å². The van der Waals surface area contributed by atoms with Crippen molar-refractivity contribution in [2.75, 3.05) is 5.75 Å². The van der Waals surface area contributed by atoms with Crippen molar-refractivity contribution < 1.29 is 27.1 Å². The monoisotopic (exact) mass is 295 g/mol. The van der Waals surface area contributed by atoms with Crippen molar-refractivity contribution in [1.29, 1.82) is 0 Å². The van der Waals surface area contributed by atoms with Crippen LogP contribution in [-0.2, 0) is 15.2 Å². The van der Waals surface area contributed by atoms with Crippen LogP contribution in [0.4, 0.5) is 0 Å². The van der Waals surface area contributed by atoms with E-state index in [1.165, 1.54) is 0 Å². The zero-order valence-electron chi connectivity index (χ0n) is 9.13. The highest BCUT2D eigenvalue weighted by Crippen LogP contribution is 2.08. The molecule has 0 aromatic heterocycles. The molecule has 1 aromatic carbocycles. The Hall–Kier alpha value is -1.13. The van der Waals surface area contributed by atoms with Crippen molar-refractivity contribution in [2.45, 2.75) is 6.04 Å². The Kier molecular flexibility index (Phi) is 7.55. The summed E-state index contributed by atoms with van der Waals surface area (Å²) in [5, 5.41) is 0. The highest BCUT2D eigenvalue weighted by molar-refractivity contribution is 7.80. The number of para-hydroxylation sites is 1. The lowest BCUT2D eigenvalue weighted by Gasteiger charge is -2.07. The van der Waals surface area contributed by atoms with Gasteiger partial charge in [-0.05, 0) is 12.1 Å². The number of nitrogens with two attached hydrogens (primary N) is 1. The summed E-state index contributed by atoms with van der Waals surface area (Å²) in [5.41, 5.74) is 5.41. The molecule has 1 atom stereocenters. The van der Waals surface area contributed by atoms with E-state index in [4.69, 9.17) is 28.0 Å². The highest BCUT2D eigenvalue weighted by atomic mass is 32.3. The lowest BCUT2D eigenvalue weighted by molar-refractivity contribution is -0.135. The van der Waals surface area contributed by atoms with Crippen LogP contribution < -0.4 is 10.5 Å². The maximum Gasteiger partial charge on any atom is 0.394 e. The van der Waals surface area contributed by atoms with E-state index in [1.807, 2.05) is 6.07 Å². The quantitative estimate of drug-likeness (QED) is 0.271. The number of thiol groups is 1. The minimum Gasteiger partial charge on any atom is -0.425 e. The number of ether oxygens (including phenoxy) is 1. The van der Waals surface area contributed by atoms with Gasteiger partial charge in [0.25, 0.3) is 0 Å². The lowest BCUT2D eigenvalue weighted by Crippen LogP contribution is -2.35. The Bertz CT molecular complexity index is 453. The zero-order valence-corrected chi connectivity index (χ0v) is 10.8. The van der Waals surface area contributed by atoms with Gasteiger partial charge in [-0.2, -0.15) is 21.0 Å². The van der Waals surface area contributed by atoms with Crippen LogP contribution in [0.25, 0.3) is 0 Å². The van der Waals surface area contributed by atoms with Gasteiger partial charge in [0.05, 0.1) is 0 Å². The van der Waals surface area contributed by atoms with Crippen molar-refractivity contribution in [3.63, 3.8) is 0 Å². The largest absolute Gasteiger partial charge is 0.425 e. The average molecular weight is 295 g/mol. The third-order valence-electron chi connectivity index (χ3n) is 1.46. The van der Waals surface area contributed by atoms with Crippen LogP contribution >= 0.6 is 12.6 Å². The fourth-order valence-corrected chi connectivity index (χ4v) is 0.904. The van der Waals surface area contributed by atoms with Crippen molar-refractivity contribution >= 4 is 29.0 Å². The molecule has 0 heterocycles. The van der Waals surface area contributed by atoms with Crippen LogP contribution in [-0.4, -0.2) is 35.3 Å². The summed E-state index contributed by atoms with van der Waals surface area (Å²) in [4.78, 5) is 11.1. The van der Waals surface area contributed by atoms with Gasteiger partial charge in [0.2, 0.25) is 0 Å². The number of benzene rings is 1. The molecule has 0 saturated carbocycles. The minimum atomic E-state index is -4.67. The molecule has 0 spiro atoms. The predicted octanol–water partition coefficient (Wildman–Crippen LogP) is 0.196. The first-order valence-electron chi connectivity index (χ1n) is 4.57. The van der Waals surface area contributed by atoms with Crippen molar-refractivity contribution in [3.05, 3.63) is 30.3 Å². The molecule has 0 radical (unpaired) electrons. The fourth-order valence-electron chi connectivity index (χ4n) is 0.755. The summed E-state index contributed by atoms with van der Waals surface area (Å²) in [6.07, 6.45) is 0. The number of carbonyl (C=O) groups excluding carboxylic acids is 1. The second-order valence-electron chi connectivity index (χ2n) is 2.97. The molecule has 0 bridgehead atoms. The summed E-state index contributed by atoms with van der Waals surface area (Å²) in [7, 11) is -4.67.